The van der Waals surface area contributed by atoms with Gasteiger partial charge in [0.25, 0.3) is 0 Å². The number of carboxylic acid groups (broad SMARTS) is 1. The lowest BCUT2D eigenvalue weighted by Gasteiger charge is -2.41. The van der Waals surface area contributed by atoms with Crippen molar-refractivity contribution >= 4 is 17.8 Å². The number of aliphatic carboxylic acids is 1. The number of amides is 1. The fourth-order valence-electron chi connectivity index (χ4n) is 2.30. The largest absolute Gasteiger partial charge is 0.480 e. The van der Waals surface area contributed by atoms with Crippen molar-refractivity contribution in [2.75, 3.05) is 13.2 Å². The molecule has 0 aliphatic heterocycles. The van der Waals surface area contributed by atoms with Crippen molar-refractivity contribution in [3.8, 4) is 0 Å². The first-order valence-corrected chi connectivity index (χ1v) is 8.03. The minimum atomic E-state index is -1.07. The lowest BCUT2D eigenvalue weighted by atomic mass is 9.82. The van der Waals surface area contributed by atoms with Crippen molar-refractivity contribution < 1.29 is 24.2 Å². The minimum Gasteiger partial charge on any atom is -0.480 e. The molecule has 0 bridgehead atoms. The van der Waals surface area contributed by atoms with Gasteiger partial charge in [-0.2, -0.15) is 0 Å². The molecule has 0 fully saturated rings. The van der Waals surface area contributed by atoms with Crippen LogP contribution < -0.4 is 0 Å². The Balaban J connectivity index is 5.57. The van der Waals surface area contributed by atoms with E-state index in [2.05, 4.69) is 0 Å². The lowest BCUT2D eigenvalue weighted by molar-refractivity contribution is -0.160. The molecular weight excluding hydrogens is 298 g/mol. The first kappa shape index (κ1) is 21.4. The molecule has 0 aromatic carbocycles. The van der Waals surface area contributed by atoms with Gasteiger partial charge in [-0.05, 0) is 24.2 Å². The van der Waals surface area contributed by atoms with Gasteiger partial charge in [0.15, 0.2) is 0 Å². The molecule has 6 heteroatoms. The molecule has 0 unspecified atom stereocenters. The van der Waals surface area contributed by atoms with Crippen LogP contribution in [0.2, 0.25) is 0 Å². The monoisotopic (exact) mass is 329 g/mol. The molecule has 6 nitrogen and oxygen atoms in total. The maximum absolute atomic E-state index is 12.6. The number of carboxylic acids is 1. The van der Waals surface area contributed by atoms with E-state index < -0.39 is 35.7 Å². The summed E-state index contributed by atoms with van der Waals surface area (Å²) in [6.07, 6.45) is 0.347. The van der Waals surface area contributed by atoms with Crippen LogP contribution in [0, 0.1) is 10.8 Å². The summed E-state index contributed by atoms with van der Waals surface area (Å²) in [5.74, 6) is -2.20. The van der Waals surface area contributed by atoms with E-state index in [1.165, 1.54) is 4.90 Å². The highest BCUT2D eigenvalue weighted by molar-refractivity contribution is 5.96. The van der Waals surface area contributed by atoms with Crippen LogP contribution in [-0.4, -0.2) is 47.0 Å². The Morgan fingerprint density at radius 1 is 1.09 bits per heavy atom. The number of rotatable bonds is 8. The van der Waals surface area contributed by atoms with Crippen LogP contribution in [0.4, 0.5) is 0 Å². The number of hydrogen-bond acceptors (Lipinski definition) is 4. The quantitative estimate of drug-likeness (QED) is 0.547. The number of carbonyl (C=O) groups excluding carboxylic acids is 2. The zero-order chi connectivity index (χ0) is 18.4. The van der Waals surface area contributed by atoms with E-state index in [1.807, 2.05) is 20.8 Å². The van der Waals surface area contributed by atoms with Crippen molar-refractivity contribution in [2.45, 2.75) is 67.3 Å². The summed E-state index contributed by atoms with van der Waals surface area (Å²) < 4.78 is 4.81. The third-order valence-electron chi connectivity index (χ3n) is 3.84. The maximum Gasteiger partial charge on any atom is 0.326 e. The van der Waals surface area contributed by atoms with Gasteiger partial charge in [-0.15, -0.1) is 0 Å². The van der Waals surface area contributed by atoms with Gasteiger partial charge < -0.3 is 14.7 Å². The lowest BCUT2D eigenvalue weighted by Crippen LogP contribution is -2.55. The number of nitrogens with zero attached hydrogens (tertiary/aromatic N) is 1. The van der Waals surface area contributed by atoms with E-state index in [4.69, 9.17) is 4.74 Å². The first-order valence-electron chi connectivity index (χ1n) is 8.03. The van der Waals surface area contributed by atoms with Crippen molar-refractivity contribution in [1.29, 1.82) is 0 Å². The molecule has 1 N–H and O–H groups in total. The summed E-state index contributed by atoms with van der Waals surface area (Å²) in [5.41, 5.74) is -0.900. The molecule has 1 amide bonds. The molecule has 0 aromatic heterocycles. The van der Waals surface area contributed by atoms with E-state index in [1.54, 1.807) is 27.7 Å². The van der Waals surface area contributed by atoms with Gasteiger partial charge >= 0.3 is 11.9 Å². The summed E-state index contributed by atoms with van der Waals surface area (Å²) in [4.78, 5) is 37.3. The second kappa shape index (κ2) is 8.31. The molecule has 0 aromatic rings. The highest BCUT2D eigenvalue weighted by Crippen LogP contribution is 2.30. The number of esters is 1. The molecule has 134 valence electrons. The zero-order valence-corrected chi connectivity index (χ0v) is 15.4. The maximum atomic E-state index is 12.6. The van der Waals surface area contributed by atoms with Crippen molar-refractivity contribution in [3.05, 3.63) is 0 Å². The number of ether oxygens (including phenoxy) is 1. The Bertz CT molecular complexity index is 437. The molecule has 0 saturated heterocycles. The standard InChI is InChI=1S/C17H31NO5/c1-8-17(6,7)11-18(12(19)10-13(20)23-9-2)14(15(21)22)16(3,4)5/h14H,8-11H2,1-7H3,(H,21,22)/t14-/m1/s1. The van der Waals surface area contributed by atoms with Crippen LogP contribution >= 0.6 is 0 Å². The summed E-state index contributed by atoms with van der Waals surface area (Å²) in [5, 5.41) is 9.63. The van der Waals surface area contributed by atoms with Crippen LogP contribution in [-0.2, 0) is 19.1 Å². The average Bonchev–Trinajstić information content (AvgIpc) is 2.35. The Labute approximate surface area is 139 Å². The van der Waals surface area contributed by atoms with Gasteiger partial charge in [-0.1, -0.05) is 41.5 Å². The third-order valence-corrected chi connectivity index (χ3v) is 3.84. The summed E-state index contributed by atoms with van der Waals surface area (Å²) in [6.45, 7) is 13.4. The van der Waals surface area contributed by atoms with Gasteiger partial charge in [0, 0.05) is 6.54 Å². The van der Waals surface area contributed by atoms with E-state index in [-0.39, 0.29) is 18.6 Å². The summed E-state index contributed by atoms with van der Waals surface area (Å²) in [7, 11) is 0. The molecule has 0 rings (SSSR count). The summed E-state index contributed by atoms with van der Waals surface area (Å²) >= 11 is 0. The predicted octanol–water partition coefficient (Wildman–Crippen LogP) is 2.70. The van der Waals surface area contributed by atoms with E-state index in [0.717, 1.165) is 6.42 Å². The average molecular weight is 329 g/mol. The van der Waals surface area contributed by atoms with Crippen LogP contribution in [0.5, 0.6) is 0 Å². The summed E-state index contributed by atoms with van der Waals surface area (Å²) in [6, 6.07) is -1.00. The second-order valence-electron chi connectivity index (χ2n) is 7.63. The van der Waals surface area contributed by atoms with Crippen LogP contribution in [0.3, 0.4) is 0 Å². The Morgan fingerprint density at radius 3 is 1.96 bits per heavy atom. The second-order valence-corrected chi connectivity index (χ2v) is 7.63. The van der Waals surface area contributed by atoms with Crippen molar-refractivity contribution in [2.24, 2.45) is 10.8 Å². The number of hydrogen-bond donors (Lipinski definition) is 1. The van der Waals surface area contributed by atoms with Crippen LogP contribution in [0.15, 0.2) is 0 Å². The predicted molar refractivity (Wildman–Crippen MR) is 87.9 cm³/mol. The fourth-order valence-corrected chi connectivity index (χ4v) is 2.30. The number of carbonyl (C=O) groups is 3. The van der Waals surface area contributed by atoms with Gasteiger partial charge in [0.2, 0.25) is 5.91 Å². The first-order chi connectivity index (χ1) is 10.4. The van der Waals surface area contributed by atoms with Crippen molar-refractivity contribution in [1.82, 2.24) is 4.90 Å². The fraction of sp³-hybridized carbons (Fsp3) is 0.824. The van der Waals surface area contributed by atoms with Crippen LogP contribution in [0.1, 0.15) is 61.3 Å². The molecule has 23 heavy (non-hydrogen) atoms. The van der Waals surface area contributed by atoms with Gasteiger partial charge in [-0.3, -0.25) is 9.59 Å². The highest BCUT2D eigenvalue weighted by Gasteiger charge is 2.41. The molecule has 0 aliphatic carbocycles. The van der Waals surface area contributed by atoms with Gasteiger partial charge in [0.05, 0.1) is 6.61 Å². The molecular formula is C17H31NO5. The molecule has 0 aliphatic rings. The molecule has 1 atom stereocenters. The Morgan fingerprint density at radius 2 is 1.61 bits per heavy atom. The van der Waals surface area contributed by atoms with E-state index >= 15 is 0 Å². The van der Waals surface area contributed by atoms with Crippen molar-refractivity contribution in [3.63, 3.8) is 0 Å². The minimum absolute atomic E-state index is 0.189. The van der Waals surface area contributed by atoms with E-state index in [9.17, 15) is 19.5 Å². The molecule has 0 radical (unpaired) electrons. The molecule has 0 heterocycles. The van der Waals surface area contributed by atoms with Crippen LogP contribution in [0.25, 0.3) is 0 Å². The van der Waals surface area contributed by atoms with Gasteiger partial charge in [-0.25, -0.2) is 4.79 Å². The normalized spacial score (nSPS) is 13.3. The highest BCUT2D eigenvalue weighted by atomic mass is 16.5. The van der Waals surface area contributed by atoms with Gasteiger partial charge in [0.1, 0.15) is 12.5 Å². The third kappa shape index (κ3) is 7.01. The zero-order valence-electron chi connectivity index (χ0n) is 15.4. The molecule has 0 spiro atoms. The Hall–Kier alpha value is -1.59. The smallest absolute Gasteiger partial charge is 0.326 e. The topological polar surface area (TPSA) is 83.9 Å². The molecule has 0 saturated carbocycles. The Kier molecular flexibility index (Phi) is 7.74. The SMILES string of the molecule is CCOC(=O)CC(=O)N(CC(C)(C)CC)[C@H](C(=O)O)C(C)(C)C. The van der Waals surface area contributed by atoms with E-state index in [0.29, 0.717) is 0 Å².